The molecule has 2 atom stereocenters. The van der Waals surface area contributed by atoms with Gasteiger partial charge in [-0.25, -0.2) is 0 Å². The van der Waals surface area contributed by atoms with Gasteiger partial charge in [0.25, 0.3) is 0 Å². The first-order valence-electron chi connectivity index (χ1n) is 26.7. The molecule has 342 valence electrons. The molecule has 7 aliphatic carbocycles. The molecule has 3 fully saturated rings. The summed E-state index contributed by atoms with van der Waals surface area (Å²) in [4.78, 5) is 11.3. The van der Waals surface area contributed by atoms with Crippen molar-refractivity contribution in [3.63, 3.8) is 0 Å². The molecule has 6 heterocycles. The molecule has 7 aliphatic rings. The number of benzene rings is 5. The van der Waals surface area contributed by atoms with Gasteiger partial charge >= 0.3 is 0 Å². The molecule has 18 rings (SSSR count). The summed E-state index contributed by atoms with van der Waals surface area (Å²) in [6.45, 7) is 14.4. The molecule has 3 saturated carbocycles. The van der Waals surface area contributed by atoms with E-state index in [4.69, 9.17) is 9.97 Å². The van der Waals surface area contributed by atoms with E-state index >= 15 is 0 Å². The Kier molecular flexibility index (Phi) is 7.52. The fraction of sp³-hybridized carbons (Fsp3) is 0.385. The molecule has 0 aliphatic heterocycles. The third kappa shape index (κ3) is 5.16. The van der Waals surface area contributed by atoms with Gasteiger partial charge in [-0.3, -0.25) is 9.97 Å². The Hall–Kier alpha value is -6.00. The van der Waals surface area contributed by atoms with Crippen LogP contribution in [0.4, 0.5) is 0 Å². The Morgan fingerprint density at radius 2 is 0.971 bits per heavy atom. The van der Waals surface area contributed by atoms with Crippen LogP contribution in [0, 0.1) is 22.7 Å². The lowest BCUT2D eigenvalue weighted by Gasteiger charge is -2.54. The van der Waals surface area contributed by atoms with E-state index in [1.165, 1.54) is 147 Å². The van der Waals surface area contributed by atoms with Crippen LogP contribution in [0.1, 0.15) is 156 Å². The predicted molar refractivity (Wildman–Crippen MR) is 286 cm³/mol. The third-order valence-electron chi connectivity index (χ3n) is 19.1. The molecule has 69 heavy (non-hydrogen) atoms. The zero-order chi connectivity index (χ0) is 46.1. The minimum Gasteiger partial charge on any atom is -0.306 e. The molecule has 0 amide bonds. The van der Waals surface area contributed by atoms with Crippen LogP contribution in [0.3, 0.4) is 0 Å². The standard InChI is InChI=1S/C65H62N4/c1-62(2,3)32-38-26-46-44-31-51-45(30-50(44)68-52-34-66-58-41-24-36-21-37(25-41)23-40(22-36)54(58)55(52)48(28-38)59(46)68)47-27-39(33-63(4,5)6)29-49-56-53(69(51)60(47)49)35-67-61-57(56)64(42-13-9-7-10-14-42)17-19-65(61,20-18-64)43-15-11-8-12-16-43/h7-16,26-31,34-37,40-41H,17-25,32-33H2,1-6H3. The maximum absolute atomic E-state index is 5.78. The highest BCUT2D eigenvalue weighted by atomic mass is 15.0. The Morgan fingerprint density at radius 3 is 1.54 bits per heavy atom. The third-order valence-corrected chi connectivity index (χ3v) is 19.1. The average molecular weight is 899 g/mol. The van der Waals surface area contributed by atoms with Crippen molar-refractivity contribution in [3.05, 3.63) is 154 Å². The molecule has 0 saturated heterocycles. The molecule has 6 bridgehead atoms. The largest absolute Gasteiger partial charge is 0.306 e. The van der Waals surface area contributed by atoms with Crippen LogP contribution < -0.4 is 0 Å². The summed E-state index contributed by atoms with van der Waals surface area (Å²) in [5.74, 6) is 2.95. The van der Waals surface area contributed by atoms with Gasteiger partial charge in [-0.1, -0.05) is 102 Å². The molecule has 5 aromatic carbocycles. The molecule has 6 aromatic heterocycles. The maximum Gasteiger partial charge on any atom is 0.0728 e. The molecule has 0 N–H and O–H groups in total. The summed E-state index contributed by atoms with van der Waals surface area (Å²) < 4.78 is 5.33. The number of aromatic nitrogens is 4. The molecular weight excluding hydrogens is 837 g/mol. The lowest BCUT2D eigenvalue weighted by Crippen LogP contribution is -2.49. The topological polar surface area (TPSA) is 34.6 Å². The van der Waals surface area contributed by atoms with E-state index in [0.717, 1.165) is 50.4 Å². The number of hydrogen-bond acceptors (Lipinski definition) is 2. The summed E-state index contributed by atoms with van der Waals surface area (Å²) in [7, 11) is 0. The van der Waals surface area contributed by atoms with Crippen molar-refractivity contribution in [2.75, 3.05) is 0 Å². The van der Waals surface area contributed by atoms with E-state index in [-0.39, 0.29) is 21.7 Å². The van der Waals surface area contributed by atoms with Gasteiger partial charge in [-0.2, -0.15) is 0 Å². The summed E-state index contributed by atoms with van der Waals surface area (Å²) in [5.41, 5.74) is 19.7. The number of fused-ring (bicyclic) bond motifs is 14. The Labute approximate surface area is 404 Å². The maximum atomic E-state index is 5.78. The van der Waals surface area contributed by atoms with E-state index in [2.05, 4.69) is 160 Å². The molecule has 2 unspecified atom stereocenters. The lowest BCUT2D eigenvalue weighted by molar-refractivity contribution is 0.165. The van der Waals surface area contributed by atoms with Crippen LogP contribution in [-0.2, 0) is 23.7 Å². The quantitative estimate of drug-likeness (QED) is 0.176. The van der Waals surface area contributed by atoms with Gasteiger partial charge in [0.1, 0.15) is 0 Å². The highest BCUT2D eigenvalue weighted by Crippen LogP contribution is 2.64. The van der Waals surface area contributed by atoms with Crippen LogP contribution >= 0.6 is 0 Å². The van der Waals surface area contributed by atoms with Crippen LogP contribution in [0.25, 0.3) is 76.2 Å². The summed E-state index contributed by atoms with van der Waals surface area (Å²) >= 11 is 0. The highest BCUT2D eigenvalue weighted by Gasteiger charge is 2.56. The average Bonchev–Trinajstić information content (AvgIpc) is 4.01. The minimum absolute atomic E-state index is 0.101. The monoisotopic (exact) mass is 898 g/mol. The molecule has 4 nitrogen and oxygen atoms in total. The number of pyridine rings is 2. The Bertz CT molecular complexity index is 3960. The first-order valence-corrected chi connectivity index (χ1v) is 26.7. The smallest absolute Gasteiger partial charge is 0.0728 e. The van der Waals surface area contributed by atoms with Gasteiger partial charge in [-0.05, 0) is 169 Å². The van der Waals surface area contributed by atoms with Crippen molar-refractivity contribution in [1.82, 2.24) is 18.8 Å². The van der Waals surface area contributed by atoms with Crippen LogP contribution in [0.5, 0.6) is 0 Å². The fourth-order valence-corrected chi connectivity index (χ4v) is 17.0. The van der Waals surface area contributed by atoms with Crippen molar-refractivity contribution >= 4 is 76.2 Å². The first-order chi connectivity index (χ1) is 33.3. The first kappa shape index (κ1) is 39.8. The van der Waals surface area contributed by atoms with Crippen molar-refractivity contribution in [3.8, 4) is 0 Å². The molecule has 4 heteroatoms. The van der Waals surface area contributed by atoms with Gasteiger partial charge in [0, 0.05) is 65.5 Å². The number of nitrogens with zero attached hydrogens (tertiary/aromatic N) is 4. The van der Waals surface area contributed by atoms with Crippen LogP contribution in [0.15, 0.2) is 109 Å². The summed E-state index contributed by atoms with van der Waals surface area (Å²) in [6, 6.07) is 38.5. The Balaban J connectivity index is 1.05. The number of rotatable bonds is 4. The van der Waals surface area contributed by atoms with Gasteiger partial charge in [0.15, 0.2) is 0 Å². The predicted octanol–water partition coefficient (Wildman–Crippen LogP) is 16.5. The molecule has 0 spiro atoms. The SMILES string of the molecule is CC(C)(C)Cc1cc2c3cc4c(cc3n3c5cnc6c(c5c(c1)c23)C1CC2CC(CC6C2)C1)c1cc(CC(C)(C)C)cc2c3c5c(ncc3n4c12)C1(c2ccccc2)CCC5(c2ccccc2)CC1. The fourth-order valence-electron chi connectivity index (χ4n) is 17.0. The van der Waals surface area contributed by atoms with Crippen molar-refractivity contribution in [1.29, 1.82) is 0 Å². The van der Waals surface area contributed by atoms with Gasteiger partial charge in [-0.15, -0.1) is 0 Å². The lowest BCUT2D eigenvalue weighted by atomic mass is 9.49. The zero-order valence-corrected chi connectivity index (χ0v) is 41.3. The zero-order valence-electron chi connectivity index (χ0n) is 41.3. The van der Waals surface area contributed by atoms with Gasteiger partial charge in [0.05, 0.1) is 51.2 Å². The Morgan fingerprint density at radius 1 is 0.493 bits per heavy atom. The number of hydrogen-bond donors (Lipinski definition) is 0. The van der Waals surface area contributed by atoms with Crippen LogP contribution in [-0.4, -0.2) is 18.8 Å². The molecule has 11 aromatic rings. The molecular formula is C65H62N4. The van der Waals surface area contributed by atoms with E-state index in [9.17, 15) is 0 Å². The minimum atomic E-state index is -0.103. The van der Waals surface area contributed by atoms with E-state index in [0.29, 0.717) is 11.8 Å². The van der Waals surface area contributed by atoms with Crippen molar-refractivity contribution in [2.24, 2.45) is 22.7 Å². The van der Waals surface area contributed by atoms with E-state index < -0.39 is 0 Å². The van der Waals surface area contributed by atoms with Crippen molar-refractivity contribution < 1.29 is 0 Å². The summed E-state index contributed by atoms with van der Waals surface area (Å²) in [6.07, 6.45) is 17.9. The van der Waals surface area contributed by atoms with Gasteiger partial charge < -0.3 is 8.80 Å². The second-order valence-corrected chi connectivity index (χ2v) is 25.9. The van der Waals surface area contributed by atoms with Crippen LogP contribution in [0.2, 0.25) is 0 Å². The summed E-state index contributed by atoms with van der Waals surface area (Å²) in [5, 5.41) is 11.3. The molecule has 0 radical (unpaired) electrons. The van der Waals surface area contributed by atoms with Gasteiger partial charge in [0.2, 0.25) is 0 Å². The highest BCUT2D eigenvalue weighted by molar-refractivity contribution is 6.29. The van der Waals surface area contributed by atoms with Crippen molar-refractivity contribution in [2.45, 2.75) is 135 Å². The van der Waals surface area contributed by atoms with E-state index in [1.54, 1.807) is 5.56 Å². The second-order valence-electron chi connectivity index (χ2n) is 25.9. The normalized spacial score (nSPS) is 25.5. The second kappa shape index (κ2) is 13.0. The van der Waals surface area contributed by atoms with E-state index in [1.807, 2.05) is 0 Å².